The molecule has 2 aromatic heterocycles. The van der Waals surface area contributed by atoms with Crippen LogP contribution in [-0.2, 0) is 81.5 Å². The highest BCUT2D eigenvalue weighted by molar-refractivity contribution is 7.89. The second kappa shape index (κ2) is 28.2. The van der Waals surface area contributed by atoms with Crippen molar-refractivity contribution in [3.8, 4) is 11.5 Å². The average Bonchev–Trinajstić information content (AvgIpc) is 1.76. The summed E-state index contributed by atoms with van der Waals surface area (Å²) in [5.41, 5.74) is 16.2. The third kappa shape index (κ3) is 14.8. The summed E-state index contributed by atoms with van der Waals surface area (Å²) in [6.07, 6.45) is 17.7. The fraction of sp³-hybridized carbons (Fsp3) is 0.417. The Morgan fingerprint density at radius 3 is 1.47 bits per heavy atom. The Labute approximate surface area is 535 Å². The van der Waals surface area contributed by atoms with Gasteiger partial charge in [0.1, 0.15) is 11.5 Å². The lowest BCUT2D eigenvalue weighted by Gasteiger charge is -2.36. The van der Waals surface area contributed by atoms with E-state index in [-0.39, 0.29) is 41.1 Å². The monoisotopic (exact) mass is 1270 g/mol. The number of carbonyl (C=O) groups is 2. The summed E-state index contributed by atoms with van der Waals surface area (Å²) < 4.78 is 72.3. The number of piperidine rings is 2. The van der Waals surface area contributed by atoms with Gasteiger partial charge in [0.2, 0.25) is 26.0 Å². The molecule has 8 aromatic rings. The zero-order chi connectivity index (χ0) is 63.2. The van der Waals surface area contributed by atoms with Gasteiger partial charge in [0.15, 0.2) is 0 Å². The van der Waals surface area contributed by atoms with E-state index in [4.69, 9.17) is 15.2 Å². The maximum atomic E-state index is 14.1. The quantitative estimate of drug-likeness (QED) is 0.0878. The van der Waals surface area contributed by atoms with E-state index < -0.39 is 38.1 Å². The first-order valence-corrected chi connectivity index (χ1v) is 35.4. The Kier molecular flexibility index (Phi) is 19.8. The molecule has 6 aliphatic rings. The smallest absolute Gasteiger partial charge is 0.305 e. The molecule has 4 atom stereocenters. The van der Waals surface area contributed by atoms with Crippen molar-refractivity contribution in [1.29, 1.82) is 0 Å². The summed E-state index contributed by atoms with van der Waals surface area (Å²) in [6.45, 7) is 8.65. The van der Waals surface area contributed by atoms with Crippen LogP contribution in [-0.4, -0.2) is 127 Å². The zero-order valence-corrected chi connectivity index (χ0v) is 54.1. The minimum atomic E-state index is -3.87. The molecule has 0 radical (unpaired) electrons. The molecular formula is C72H86N8O9S2. The molecule has 480 valence electrons. The molecule has 4 unspecified atom stereocenters. The van der Waals surface area contributed by atoms with Crippen molar-refractivity contribution in [2.24, 2.45) is 5.73 Å². The highest BCUT2D eigenvalue weighted by Gasteiger charge is 2.40. The van der Waals surface area contributed by atoms with Crippen LogP contribution in [0.5, 0.6) is 11.5 Å². The SMILES string of the molecule is COc1ccc2cc(S(=O)(=O)N3CCn4cccc4C3CC(=O)NC3CCc4cc(CN5CCCCC5)ccc4C3)ccc2c1.COc1ccc2cc(S(=O)(=O)N3CCn4cccc4C3CC(=O)O)ccc2c1.NC1CCc2cc(CN3CCCCC3)ccc2C1. The molecule has 2 aliphatic carbocycles. The van der Waals surface area contributed by atoms with Gasteiger partial charge in [0.05, 0.1) is 42.5 Å². The second-order valence-corrected chi connectivity index (χ2v) is 29.2. The molecule has 2 fully saturated rings. The van der Waals surface area contributed by atoms with E-state index in [1.165, 1.54) is 108 Å². The third-order valence-electron chi connectivity index (χ3n) is 19.3. The summed E-state index contributed by atoms with van der Waals surface area (Å²) >= 11 is 0. The number of rotatable bonds is 15. The minimum Gasteiger partial charge on any atom is -0.497 e. The molecule has 4 aliphatic heterocycles. The van der Waals surface area contributed by atoms with E-state index in [1.54, 1.807) is 62.2 Å². The van der Waals surface area contributed by atoms with Crippen molar-refractivity contribution in [2.75, 3.05) is 53.5 Å². The lowest BCUT2D eigenvalue weighted by atomic mass is 9.87. The van der Waals surface area contributed by atoms with Crippen LogP contribution in [0, 0.1) is 0 Å². The summed E-state index contributed by atoms with van der Waals surface area (Å²) in [5, 5.41) is 16.0. The number of likely N-dealkylation sites (tertiary alicyclic amines) is 2. The highest BCUT2D eigenvalue weighted by Crippen LogP contribution is 2.38. The van der Waals surface area contributed by atoms with Gasteiger partial charge in [-0.2, -0.15) is 8.61 Å². The fourth-order valence-corrected chi connectivity index (χ4v) is 17.7. The van der Waals surface area contributed by atoms with Crippen molar-refractivity contribution in [3.05, 3.63) is 191 Å². The second-order valence-electron chi connectivity index (χ2n) is 25.5. The lowest BCUT2D eigenvalue weighted by Crippen LogP contribution is -2.45. The maximum absolute atomic E-state index is 14.1. The van der Waals surface area contributed by atoms with E-state index in [1.807, 2.05) is 71.6 Å². The number of carbonyl (C=O) groups excluding carboxylic acids is 1. The van der Waals surface area contributed by atoms with Crippen LogP contribution in [0.1, 0.15) is 121 Å². The van der Waals surface area contributed by atoms with Crippen LogP contribution < -0.4 is 20.5 Å². The molecule has 0 spiro atoms. The van der Waals surface area contributed by atoms with Crippen molar-refractivity contribution in [1.82, 2.24) is 32.9 Å². The van der Waals surface area contributed by atoms with Gasteiger partial charge < -0.3 is 34.8 Å². The molecule has 4 N–H and O–H groups in total. The molecule has 0 saturated carbocycles. The largest absolute Gasteiger partial charge is 0.497 e. The topological polar surface area (TPSA) is 202 Å². The molecule has 14 rings (SSSR count). The van der Waals surface area contributed by atoms with E-state index >= 15 is 0 Å². The summed E-state index contributed by atoms with van der Waals surface area (Å²) in [4.78, 5) is 30.5. The van der Waals surface area contributed by atoms with E-state index in [0.717, 1.165) is 78.2 Å². The molecule has 6 heterocycles. The fourth-order valence-electron chi connectivity index (χ4n) is 14.5. The number of nitrogens with one attached hydrogen (secondary N) is 1. The zero-order valence-electron chi connectivity index (χ0n) is 52.4. The summed E-state index contributed by atoms with van der Waals surface area (Å²) in [5.74, 6) is 0.266. The van der Waals surface area contributed by atoms with Crippen LogP contribution >= 0.6 is 0 Å². The van der Waals surface area contributed by atoms with Crippen LogP contribution in [0.15, 0.2) is 156 Å². The maximum Gasteiger partial charge on any atom is 0.305 e. The van der Waals surface area contributed by atoms with Crippen LogP contribution in [0.4, 0.5) is 0 Å². The number of methoxy groups -OCH3 is 2. The number of fused-ring (bicyclic) bond motifs is 6. The third-order valence-corrected chi connectivity index (χ3v) is 23.1. The number of nitrogens with zero attached hydrogens (tertiary/aromatic N) is 6. The first-order chi connectivity index (χ1) is 44.1. The number of carboxylic acids is 1. The number of aliphatic carboxylic acids is 1. The first kappa shape index (κ1) is 63.8. The number of aromatic nitrogens is 2. The van der Waals surface area contributed by atoms with Gasteiger partial charge in [-0.05, 0) is 218 Å². The molecule has 1 amide bonds. The number of nitrogens with two attached hydrogens (primary N) is 1. The first-order valence-electron chi connectivity index (χ1n) is 32.5. The van der Waals surface area contributed by atoms with Crippen LogP contribution in [0.3, 0.4) is 0 Å². The van der Waals surface area contributed by atoms with Gasteiger partial charge in [-0.1, -0.05) is 73.5 Å². The van der Waals surface area contributed by atoms with Crippen LogP contribution in [0.2, 0.25) is 0 Å². The van der Waals surface area contributed by atoms with Crippen LogP contribution in [0.25, 0.3) is 21.5 Å². The summed E-state index contributed by atoms with van der Waals surface area (Å²) in [7, 11) is -4.54. The van der Waals surface area contributed by atoms with E-state index in [0.29, 0.717) is 37.1 Å². The standard InChI is InChI=1S/C36H42N4O4S.C20H20N2O5S.C16H24N2/c1-44-32-13-10-30-23-33(14-11-29(30)22-32)45(42,43)40-19-18-39-17-5-6-34(39)35(40)24-36(41)37-31-12-9-27-20-26(7-8-28(27)21-31)25-38-15-3-2-4-16-38;1-27-16-6-4-15-12-17(7-5-14(15)11-16)28(25,26)22-10-9-21-8-2-3-18(21)19(22)13-20(23)24;17-16-7-6-14-10-13(4-5-15(14)11-16)12-18-8-2-1-3-9-18/h5-8,10-11,13-14,17,20,22-23,31,35H,2-4,9,12,15-16,18-19,21,24-25H2,1H3,(H,37,41);2-8,11-12,19H,9-10,13H2,1H3,(H,23,24);4-5,10,16H,1-3,6-9,11-12,17H2. The van der Waals surface area contributed by atoms with Crippen molar-refractivity contribution in [3.63, 3.8) is 0 Å². The molecule has 17 nitrogen and oxygen atoms in total. The van der Waals surface area contributed by atoms with E-state index in [9.17, 15) is 31.5 Å². The molecule has 91 heavy (non-hydrogen) atoms. The van der Waals surface area contributed by atoms with Gasteiger partial charge in [-0.3, -0.25) is 19.4 Å². The normalized spacial score (nSPS) is 20.6. The Hall–Kier alpha value is -7.36. The Morgan fingerprint density at radius 2 is 0.978 bits per heavy atom. The van der Waals surface area contributed by atoms with Crippen molar-refractivity contribution >= 4 is 53.5 Å². The molecule has 19 heteroatoms. The van der Waals surface area contributed by atoms with Gasteiger partial charge in [-0.25, -0.2) is 16.8 Å². The Morgan fingerprint density at radius 1 is 0.516 bits per heavy atom. The minimum absolute atomic E-state index is 0.0378. The van der Waals surface area contributed by atoms with Gasteiger partial charge in [0, 0.05) is 81.6 Å². The number of aryl methyl sites for hydroxylation is 2. The predicted octanol–water partition coefficient (Wildman–Crippen LogP) is 10.8. The molecular weight excluding hydrogens is 1180 g/mol. The highest BCUT2D eigenvalue weighted by atomic mass is 32.2. The number of hydrogen-bond acceptors (Lipinski definition) is 11. The van der Waals surface area contributed by atoms with E-state index in [2.05, 4.69) is 56.1 Å². The Balaban J connectivity index is 0.000000147. The number of carboxylic acid groups (broad SMARTS) is 1. The van der Waals surface area contributed by atoms with Gasteiger partial charge in [-0.15, -0.1) is 0 Å². The lowest BCUT2D eigenvalue weighted by molar-refractivity contribution is -0.138. The van der Waals surface area contributed by atoms with Crippen molar-refractivity contribution in [2.45, 2.75) is 150 Å². The number of sulfonamides is 2. The summed E-state index contributed by atoms with van der Waals surface area (Å²) in [6, 6.07) is 41.6. The number of ether oxygens (including phenoxy) is 2. The molecule has 0 bridgehead atoms. The predicted molar refractivity (Wildman–Crippen MR) is 355 cm³/mol. The molecule has 6 aromatic carbocycles. The van der Waals surface area contributed by atoms with Crippen molar-refractivity contribution < 1.29 is 41.0 Å². The number of hydrogen-bond donors (Lipinski definition) is 3. The average molecular weight is 1270 g/mol. The Bertz CT molecular complexity index is 4140. The van der Waals surface area contributed by atoms with Gasteiger partial charge >= 0.3 is 5.97 Å². The number of benzene rings is 6. The number of amides is 1. The molecule has 2 saturated heterocycles. The van der Waals surface area contributed by atoms with Gasteiger partial charge in [0.25, 0.3) is 0 Å².